The summed E-state index contributed by atoms with van der Waals surface area (Å²) in [7, 11) is 0. The van der Waals surface area contributed by atoms with E-state index in [0.717, 1.165) is 19.3 Å². The molecule has 4 N–H and O–H groups in total. The summed E-state index contributed by atoms with van der Waals surface area (Å²) in [6.07, 6.45) is 3.31. The number of hydrogen-bond donors (Lipinski definition) is 3. The first-order chi connectivity index (χ1) is 8.52. The van der Waals surface area contributed by atoms with Gasteiger partial charge in [0.15, 0.2) is 0 Å². The number of hydrogen-bond acceptors (Lipinski definition) is 3. The zero-order valence-corrected chi connectivity index (χ0v) is 11.4. The summed E-state index contributed by atoms with van der Waals surface area (Å²) >= 11 is 0. The Balaban J connectivity index is 2.15. The molecule has 1 unspecified atom stereocenters. The number of nitrogens with one attached hydrogen (secondary N) is 2. The minimum Gasteiger partial charge on any atom is -0.355 e. The molecule has 5 nitrogen and oxygen atoms in total. The summed E-state index contributed by atoms with van der Waals surface area (Å²) < 4.78 is 0. The topological polar surface area (TPSA) is 84.2 Å². The van der Waals surface area contributed by atoms with Crippen molar-refractivity contribution in [1.29, 1.82) is 0 Å². The minimum absolute atomic E-state index is 0.0194. The van der Waals surface area contributed by atoms with Crippen LogP contribution in [0.4, 0.5) is 0 Å². The first-order valence-corrected chi connectivity index (χ1v) is 6.80. The molecule has 1 aliphatic rings. The number of carbonyl (C=O) groups excluding carboxylic acids is 2. The summed E-state index contributed by atoms with van der Waals surface area (Å²) in [6.45, 7) is 4.89. The molecule has 0 aromatic carbocycles. The summed E-state index contributed by atoms with van der Waals surface area (Å²) in [6, 6.07) is 0.380. The van der Waals surface area contributed by atoms with E-state index in [2.05, 4.69) is 24.5 Å². The van der Waals surface area contributed by atoms with Crippen LogP contribution >= 0.6 is 0 Å². The highest BCUT2D eigenvalue weighted by molar-refractivity contribution is 5.80. The average Bonchev–Trinajstić information content (AvgIpc) is 3.09. The van der Waals surface area contributed by atoms with E-state index >= 15 is 0 Å². The Morgan fingerprint density at radius 1 is 1.33 bits per heavy atom. The van der Waals surface area contributed by atoms with Gasteiger partial charge in [0.25, 0.3) is 0 Å². The molecule has 1 rings (SSSR count). The smallest absolute Gasteiger partial charge is 0.224 e. The van der Waals surface area contributed by atoms with Crippen LogP contribution in [0.15, 0.2) is 0 Å². The fraction of sp³-hybridized carbons (Fsp3) is 0.846. The van der Waals surface area contributed by atoms with E-state index in [4.69, 9.17) is 5.73 Å². The molecule has 0 heterocycles. The molecule has 0 aromatic rings. The molecule has 18 heavy (non-hydrogen) atoms. The van der Waals surface area contributed by atoms with E-state index in [1.165, 1.54) is 0 Å². The zero-order chi connectivity index (χ0) is 13.5. The maximum Gasteiger partial charge on any atom is 0.224 e. The quantitative estimate of drug-likeness (QED) is 0.586. The second-order valence-corrected chi connectivity index (χ2v) is 5.44. The lowest BCUT2D eigenvalue weighted by Gasteiger charge is -2.16. The van der Waals surface area contributed by atoms with Crippen molar-refractivity contribution in [2.45, 2.75) is 45.6 Å². The van der Waals surface area contributed by atoms with E-state index in [-0.39, 0.29) is 17.7 Å². The minimum atomic E-state index is -0.142. The standard InChI is InChI=1S/C13H25N3O2/c1-9(2)7-10(8-14)13(18)15-6-5-12(17)16-11-3-4-11/h9-11H,3-8,14H2,1-2H3,(H,15,18)(H,16,17). The van der Waals surface area contributed by atoms with Crippen molar-refractivity contribution in [3.63, 3.8) is 0 Å². The van der Waals surface area contributed by atoms with Crippen molar-refractivity contribution >= 4 is 11.8 Å². The van der Waals surface area contributed by atoms with Gasteiger partial charge in [-0.1, -0.05) is 13.8 Å². The van der Waals surface area contributed by atoms with Gasteiger partial charge in [-0.3, -0.25) is 9.59 Å². The third kappa shape index (κ3) is 6.00. The first kappa shape index (κ1) is 15.0. The summed E-state index contributed by atoms with van der Waals surface area (Å²) in [5.74, 6) is 0.287. The molecule has 1 saturated carbocycles. The fourth-order valence-corrected chi connectivity index (χ4v) is 1.85. The molecule has 0 radical (unpaired) electrons. The molecule has 5 heteroatoms. The molecule has 0 aliphatic heterocycles. The molecule has 2 amide bonds. The van der Waals surface area contributed by atoms with Gasteiger partial charge in [-0.15, -0.1) is 0 Å². The summed E-state index contributed by atoms with van der Waals surface area (Å²) in [4.78, 5) is 23.2. The van der Waals surface area contributed by atoms with Gasteiger partial charge in [0.2, 0.25) is 11.8 Å². The Morgan fingerprint density at radius 3 is 2.50 bits per heavy atom. The van der Waals surface area contributed by atoms with Gasteiger partial charge < -0.3 is 16.4 Å². The summed E-state index contributed by atoms with van der Waals surface area (Å²) in [5, 5.41) is 5.67. The van der Waals surface area contributed by atoms with E-state index in [9.17, 15) is 9.59 Å². The Kier molecular flexibility index (Phi) is 6.12. The number of rotatable bonds is 8. The Bertz CT molecular complexity index is 288. The Labute approximate surface area is 109 Å². The molecular formula is C13H25N3O2. The molecule has 104 valence electrons. The Hall–Kier alpha value is -1.10. The monoisotopic (exact) mass is 255 g/mol. The third-order valence-electron chi connectivity index (χ3n) is 3.00. The zero-order valence-electron chi connectivity index (χ0n) is 11.4. The Morgan fingerprint density at radius 2 is 2.00 bits per heavy atom. The van der Waals surface area contributed by atoms with Crippen LogP contribution in [0.2, 0.25) is 0 Å². The lowest BCUT2D eigenvalue weighted by Crippen LogP contribution is -2.38. The maximum atomic E-state index is 11.8. The highest BCUT2D eigenvalue weighted by atomic mass is 16.2. The van der Waals surface area contributed by atoms with Crippen LogP contribution in [0.5, 0.6) is 0 Å². The molecule has 0 spiro atoms. The van der Waals surface area contributed by atoms with Crippen molar-refractivity contribution in [2.75, 3.05) is 13.1 Å². The number of nitrogens with two attached hydrogens (primary N) is 1. The average molecular weight is 255 g/mol. The van der Waals surface area contributed by atoms with Crippen LogP contribution in [-0.2, 0) is 9.59 Å². The van der Waals surface area contributed by atoms with Gasteiger partial charge in [-0.25, -0.2) is 0 Å². The molecule has 0 saturated heterocycles. The molecule has 1 atom stereocenters. The lowest BCUT2D eigenvalue weighted by atomic mass is 9.96. The first-order valence-electron chi connectivity index (χ1n) is 6.80. The fourth-order valence-electron chi connectivity index (χ4n) is 1.85. The van der Waals surface area contributed by atoms with Crippen LogP contribution in [0.1, 0.15) is 39.5 Å². The number of amides is 2. The van der Waals surface area contributed by atoms with E-state index in [1.54, 1.807) is 0 Å². The van der Waals surface area contributed by atoms with Crippen molar-refractivity contribution in [1.82, 2.24) is 10.6 Å². The summed E-state index contributed by atoms with van der Waals surface area (Å²) in [5.41, 5.74) is 5.59. The van der Waals surface area contributed by atoms with Gasteiger partial charge >= 0.3 is 0 Å². The molecule has 1 fully saturated rings. The van der Waals surface area contributed by atoms with Crippen LogP contribution in [0, 0.1) is 11.8 Å². The SMILES string of the molecule is CC(C)CC(CN)C(=O)NCCC(=O)NC1CC1. The number of carbonyl (C=O) groups is 2. The highest BCUT2D eigenvalue weighted by Gasteiger charge is 2.23. The predicted molar refractivity (Wildman–Crippen MR) is 70.8 cm³/mol. The van der Waals surface area contributed by atoms with Crippen LogP contribution in [0.3, 0.4) is 0 Å². The van der Waals surface area contributed by atoms with Crippen molar-refractivity contribution in [3.05, 3.63) is 0 Å². The molecule has 1 aliphatic carbocycles. The van der Waals surface area contributed by atoms with Crippen LogP contribution < -0.4 is 16.4 Å². The van der Waals surface area contributed by atoms with E-state index in [0.29, 0.717) is 31.5 Å². The normalized spacial score (nSPS) is 16.4. The van der Waals surface area contributed by atoms with Crippen molar-refractivity contribution in [3.8, 4) is 0 Å². The lowest BCUT2D eigenvalue weighted by molar-refractivity contribution is -0.125. The van der Waals surface area contributed by atoms with Gasteiger partial charge in [0.1, 0.15) is 0 Å². The van der Waals surface area contributed by atoms with Crippen molar-refractivity contribution in [2.24, 2.45) is 17.6 Å². The highest BCUT2D eigenvalue weighted by Crippen LogP contribution is 2.18. The van der Waals surface area contributed by atoms with Crippen molar-refractivity contribution < 1.29 is 9.59 Å². The van der Waals surface area contributed by atoms with Gasteiger partial charge in [-0.2, -0.15) is 0 Å². The van der Waals surface area contributed by atoms with E-state index < -0.39 is 0 Å². The third-order valence-corrected chi connectivity index (χ3v) is 3.00. The van der Waals surface area contributed by atoms with Crippen LogP contribution in [0.25, 0.3) is 0 Å². The largest absolute Gasteiger partial charge is 0.355 e. The molecule has 0 aromatic heterocycles. The molecular weight excluding hydrogens is 230 g/mol. The van der Waals surface area contributed by atoms with Gasteiger partial charge in [0.05, 0.1) is 5.92 Å². The second-order valence-electron chi connectivity index (χ2n) is 5.44. The van der Waals surface area contributed by atoms with Gasteiger partial charge in [0, 0.05) is 25.6 Å². The maximum absolute atomic E-state index is 11.8. The predicted octanol–water partition coefficient (Wildman–Crippen LogP) is 0.392. The molecule has 0 bridgehead atoms. The van der Waals surface area contributed by atoms with Gasteiger partial charge in [-0.05, 0) is 25.2 Å². The van der Waals surface area contributed by atoms with Crippen LogP contribution in [-0.4, -0.2) is 30.9 Å². The van der Waals surface area contributed by atoms with E-state index in [1.807, 2.05) is 0 Å². The second kappa shape index (κ2) is 7.36.